The van der Waals surface area contributed by atoms with E-state index in [1.807, 2.05) is 0 Å². The summed E-state index contributed by atoms with van der Waals surface area (Å²) in [6.07, 6.45) is 3.48. The number of nitrogens with zero attached hydrogens (tertiary/aromatic N) is 1. The van der Waals surface area contributed by atoms with Crippen molar-refractivity contribution < 1.29 is 14.8 Å². The molecule has 0 aliphatic carbocycles. The van der Waals surface area contributed by atoms with Gasteiger partial charge in [0.05, 0.1) is 0 Å². The molecule has 0 saturated carbocycles. The van der Waals surface area contributed by atoms with Gasteiger partial charge in [-0.2, -0.15) is 9.68 Å². The second-order valence-corrected chi connectivity index (χ2v) is 4.33. The first kappa shape index (κ1) is 14.5. The largest absolute Gasteiger partial charge is 0.478 e. The predicted molar refractivity (Wildman–Crippen MR) is 64.8 cm³/mol. The van der Waals surface area contributed by atoms with Crippen molar-refractivity contribution in [1.29, 1.82) is 0 Å². The molecule has 2 N–H and O–H groups in total. The maximum absolute atomic E-state index is 11.4. The monoisotopic (exact) mass is 266 g/mol. The van der Waals surface area contributed by atoms with Crippen LogP contribution in [0.5, 0.6) is 0 Å². The van der Waals surface area contributed by atoms with Crippen molar-refractivity contribution in [2.24, 2.45) is 0 Å². The van der Waals surface area contributed by atoms with E-state index in [1.165, 1.54) is 0 Å². The molecule has 0 bridgehead atoms. The van der Waals surface area contributed by atoms with Crippen molar-refractivity contribution in [3.05, 3.63) is 4.91 Å². The van der Waals surface area contributed by atoms with Crippen LogP contribution in [-0.2, 0) is 9.68 Å². The van der Waals surface area contributed by atoms with E-state index >= 15 is 0 Å². The van der Waals surface area contributed by atoms with Crippen LogP contribution in [0.1, 0.15) is 25.7 Å². The van der Waals surface area contributed by atoms with Crippen LogP contribution < -0.4 is 10.6 Å². The molecule has 6 nitrogen and oxygen atoms in total. The summed E-state index contributed by atoms with van der Waals surface area (Å²) in [6, 6.07) is 0. The summed E-state index contributed by atoms with van der Waals surface area (Å²) in [6.45, 7) is 3.63. The molecule has 0 amide bonds. The summed E-state index contributed by atoms with van der Waals surface area (Å²) in [5, 5.41) is 6.76. The van der Waals surface area contributed by atoms with Gasteiger partial charge in [0.2, 0.25) is 0 Å². The molecule has 0 aromatic rings. The normalized spacial score (nSPS) is 22.6. The quantitative estimate of drug-likeness (QED) is 0.728. The Hall–Kier alpha value is -0.590. The van der Waals surface area contributed by atoms with Crippen LogP contribution in [0.3, 0.4) is 0 Å². The molecule has 2 rings (SSSR count). The van der Waals surface area contributed by atoms with Crippen molar-refractivity contribution in [2.75, 3.05) is 26.2 Å². The lowest BCUT2D eigenvalue weighted by atomic mass is 10.1. The molecular weight excluding hydrogens is 246 g/mol. The molecule has 0 aromatic heterocycles. The zero-order valence-corrected chi connectivity index (χ0v) is 10.7. The van der Waals surface area contributed by atoms with Crippen LogP contribution in [0.25, 0.3) is 0 Å². The van der Waals surface area contributed by atoms with Gasteiger partial charge in [0.15, 0.2) is 12.2 Å². The van der Waals surface area contributed by atoms with E-state index < -0.39 is 0 Å². The first-order valence-corrected chi connectivity index (χ1v) is 6.07. The topological polar surface area (TPSA) is 62.6 Å². The van der Waals surface area contributed by atoms with Gasteiger partial charge < -0.3 is 10.6 Å². The summed E-state index contributed by atoms with van der Waals surface area (Å²) >= 11 is 0. The van der Waals surface area contributed by atoms with E-state index in [1.54, 1.807) is 0 Å². The zero-order chi connectivity index (χ0) is 11.2. The van der Waals surface area contributed by atoms with Gasteiger partial charge in [-0.05, 0) is 26.2 Å². The molecule has 0 spiro atoms. The Kier molecular flexibility index (Phi) is 6.54. The Morgan fingerprint density at radius 3 is 1.53 bits per heavy atom. The molecule has 7 heteroatoms. The van der Waals surface area contributed by atoms with Crippen molar-refractivity contribution in [3.8, 4) is 0 Å². The molecule has 2 saturated heterocycles. The standard InChI is InChI=1S/C10H20N3O3.ClH/c14-13(15-9-1-5-11-6-2-9)16-10-3-7-12-8-4-10;/h9-12H,1-8H2;1H/q+1;. The lowest BCUT2D eigenvalue weighted by Crippen LogP contribution is -2.37. The average Bonchev–Trinajstić information content (AvgIpc) is 2.31. The van der Waals surface area contributed by atoms with E-state index in [0.29, 0.717) is 5.09 Å². The number of halogens is 1. The van der Waals surface area contributed by atoms with E-state index in [9.17, 15) is 4.91 Å². The molecule has 0 atom stereocenters. The molecule has 0 aromatic carbocycles. The predicted octanol–water partition coefficient (Wildman–Crippen LogP) is 0.554. The molecule has 100 valence electrons. The molecule has 2 fully saturated rings. The smallest absolute Gasteiger partial charge is 0.316 e. The van der Waals surface area contributed by atoms with Crippen molar-refractivity contribution >= 4 is 12.4 Å². The van der Waals surface area contributed by atoms with Gasteiger partial charge in [0, 0.05) is 25.7 Å². The van der Waals surface area contributed by atoms with E-state index in [-0.39, 0.29) is 24.6 Å². The number of piperidine rings is 2. The fraction of sp³-hybridized carbons (Fsp3) is 1.00. The third-order valence-electron chi connectivity index (χ3n) is 3.04. The maximum Gasteiger partial charge on any atom is 0.478 e. The van der Waals surface area contributed by atoms with Crippen LogP contribution in [-0.4, -0.2) is 43.5 Å². The Morgan fingerprint density at radius 1 is 0.824 bits per heavy atom. The number of nitrogens with one attached hydrogen (secondary N) is 2. The van der Waals surface area contributed by atoms with Crippen molar-refractivity contribution in [1.82, 2.24) is 10.6 Å². The van der Waals surface area contributed by atoms with E-state index in [0.717, 1.165) is 51.9 Å². The van der Waals surface area contributed by atoms with Crippen LogP contribution in [0.4, 0.5) is 0 Å². The van der Waals surface area contributed by atoms with Gasteiger partial charge in [-0.1, -0.05) is 0 Å². The van der Waals surface area contributed by atoms with E-state index in [4.69, 9.17) is 9.68 Å². The third kappa shape index (κ3) is 5.06. The number of rotatable bonds is 4. The molecule has 2 aliphatic rings. The molecule has 0 radical (unpaired) electrons. The molecule has 17 heavy (non-hydrogen) atoms. The van der Waals surface area contributed by atoms with Crippen LogP contribution in [0, 0.1) is 4.91 Å². The van der Waals surface area contributed by atoms with Gasteiger partial charge in [-0.15, -0.1) is 12.4 Å². The van der Waals surface area contributed by atoms with Crippen LogP contribution in [0.2, 0.25) is 0 Å². The van der Waals surface area contributed by atoms with Crippen molar-refractivity contribution in [3.63, 3.8) is 0 Å². The van der Waals surface area contributed by atoms with Crippen LogP contribution in [0.15, 0.2) is 0 Å². The fourth-order valence-corrected chi connectivity index (χ4v) is 2.07. The second kappa shape index (κ2) is 7.68. The number of hydrogen-bond acceptors (Lipinski definition) is 5. The van der Waals surface area contributed by atoms with Gasteiger partial charge >= 0.3 is 5.09 Å². The minimum Gasteiger partial charge on any atom is -0.316 e. The number of hydrogen-bond donors (Lipinski definition) is 2. The lowest BCUT2D eigenvalue weighted by Gasteiger charge is -2.19. The Labute approximate surface area is 107 Å². The minimum absolute atomic E-state index is 0. The van der Waals surface area contributed by atoms with Gasteiger partial charge in [0.25, 0.3) is 0 Å². The fourth-order valence-electron chi connectivity index (χ4n) is 2.07. The minimum atomic E-state index is 0. The summed E-state index contributed by atoms with van der Waals surface area (Å²) in [5.41, 5.74) is 0. The zero-order valence-electron chi connectivity index (χ0n) is 9.89. The Balaban J connectivity index is 0.00000144. The second-order valence-electron chi connectivity index (χ2n) is 4.33. The third-order valence-corrected chi connectivity index (χ3v) is 3.04. The molecule has 2 heterocycles. The maximum atomic E-state index is 11.4. The SMILES string of the molecule is Cl.O=[N+](OC1CCNCC1)OC1CCNCC1. The highest BCUT2D eigenvalue weighted by Gasteiger charge is 2.29. The first-order valence-electron chi connectivity index (χ1n) is 6.07. The summed E-state index contributed by atoms with van der Waals surface area (Å²) < 4.78 is 0. The summed E-state index contributed by atoms with van der Waals surface area (Å²) in [4.78, 5) is 21.8. The van der Waals surface area contributed by atoms with Gasteiger partial charge in [0.1, 0.15) is 4.91 Å². The van der Waals surface area contributed by atoms with Gasteiger partial charge in [-0.3, -0.25) is 0 Å². The average molecular weight is 267 g/mol. The first-order chi connectivity index (χ1) is 7.84. The summed E-state index contributed by atoms with van der Waals surface area (Å²) in [7, 11) is 0. The highest BCUT2D eigenvalue weighted by Crippen LogP contribution is 2.11. The van der Waals surface area contributed by atoms with Crippen LogP contribution >= 0.6 is 12.4 Å². The Bertz CT molecular complexity index is 209. The molecular formula is C10H21ClN3O3+. The highest BCUT2D eigenvalue weighted by molar-refractivity contribution is 5.85. The highest BCUT2D eigenvalue weighted by atomic mass is 35.5. The van der Waals surface area contributed by atoms with Crippen molar-refractivity contribution in [2.45, 2.75) is 37.9 Å². The van der Waals surface area contributed by atoms with E-state index in [2.05, 4.69) is 10.6 Å². The molecule has 0 unspecified atom stereocenters. The lowest BCUT2D eigenvalue weighted by molar-refractivity contribution is -0.993. The van der Waals surface area contributed by atoms with Gasteiger partial charge in [-0.25, -0.2) is 0 Å². The summed E-state index contributed by atoms with van der Waals surface area (Å²) in [5.74, 6) is 0. The Morgan fingerprint density at radius 2 is 1.18 bits per heavy atom. The molecule has 2 aliphatic heterocycles.